The average Bonchev–Trinajstić information content (AvgIpc) is 2.35. The number of benzene rings is 1. The molecule has 1 rings (SSSR count). The number of hydrogen-bond acceptors (Lipinski definition) is 2. The molecule has 2 heteroatoms. The molecule has 0 aromatic heterocycles. The lowest BCUT2D eigenvalue weighted by Gasteiger charge is -2.15. The zero-order valence-electron chi connectivity index (χ0n) is 13.8. The van der Waals surface area contributed by atoms with Crippen molar-refractivity contribution < 1.29 is 4.74 Å². The summed E-state index contributed by atoms with van der Waals surface area (Å²) in [4.78, 5) is 0. The van der Waals surface area contributed by atoms with Crippen LogP contribution in [0.15, 0.2) is 24.3 Å². The van der Waals surface area contributed by atoms with Crippen LogP contribution in [0.25, 0.3) is 0 Å². The molecule has 0 fully saturated rings. The van der Waals surface area contributed by atoms with Crippen molar-refractivity contribution in [3.8, 4) is 5.75 Å². The highest BCUT2D eigenvalue weighted by molar-refractivity contribution is 5.28. The van der Waals surface area contributed by atoms with Crippen molar-refractivity contribution in [2.45, 2.75) is 72.6 Å². The summed E-state index contributed by atoms with van der Waals surface area (Å²) in [6.45, 7) is 11.9. The predicted molar refractivity (Wildman–Crippen MR) is 87.2 cm³/mol. The first-order chi connectivity index (χ1) is 9.47. The highest BCUT2D eigenvalue weighted by Crippen LogP contribution is 2.15. The minimum Gasteiger partial charge on any atom is -0.491 e. The summed E-state index contributed by atoms with van der Waals surface area (Å²) in [7, 11) is 0. The predicted octanol–water partition coefficient (Wildman–Crippen LogP) is 4.78. The molecule has 0 aliphatic rings. The lowest BCUT2D eigenvalue weighted by atomic mass is 10.0. The third kappa shape index (κ3) is 7.54. The number of nitrogens with one attached hydrogen (secondary N) is 1. The van der Waals surface area contributed by atoms with E-state index in [0.717, 1.165) is 18.2 Å². The van der Waals surface area contributed by atoms with E-state index in [9.17, 15) is 0 Å². The van der Waals surface area contributed by atoms with Crippen molar-refractivity contribution >= 4 is 0 Å². The Morgan fingerprint density at radius 2 is 1.80 bits per heavy atom. The third-order valence-corrected chi connectivity index (χ3v) is 3.34. The first kappa shape index (κ1) is 17.0. The van der Waals surface area contributed by atoms with Gasteiger partial charge in [-0.2, -0.15) is 0 Å². The standard InChI is InChI=1S/C18H31NO/c1-14(2)8-6-9-16(5)19-13-17-10-7-11-18(12-17)20-15(3)4/h7,10-12,14-16,19H,6,8-9,13H2,1-5H3. The third-order valence-electron chi connectivity index (χ3n) is 3.34. The van der Waals surface area contributed by atoms with Gasteiger partial charge in [0, 0.05) is 12.6 Å². The van der Waals surface area contributed by atoms with Crippen molar-refractivity contribution in [3.05, 3.63) is 29.8 Å². The highest BCUT2D eigenvalue weighted by Gasteiger charge is 2.04. The first-order valence-corrected chi connectivity index (χ1v) is 7.96. The second-order valence-electron chi connectivity index (χ2n) is 6.42. The molecule has 1 aromatic rings. The van der Waals surface area contributed by atoms with Gasteiger partial charge in [0.2, 0.25) is 0 Å². The fourth-order valence-electron chi connectivity index (χ4n) is 2.23. The molecule has 0 bridgehead atoms. The summed E-state index contributed by atoms with van der Waals surface area (Å²) in [5.74, 6) is 1.78. The molecule has 0 saturated carbocycles. The van der Waals surface area contributed by atoms with Crippen LogP contribution in [0.5, 0.6) is 5.75 Å². The summed E-state index contributed by atoms with van der Waals surface area (Å²) >= 11 is 0. The normalized spacial score (nSPS) is 12.9. The van der Waals surface area contributed by atoms with E-state index in [1.807, 2.05) is 6.07 Å². The molecule has 0 amide bonds. The molecule has 0 aliphatic carbocycles. The Morgan fingerprint density at radius 1 is 1.05 bits per heavy atom. The van der Waals surface area contributed by atoms with Crippen LogP contribution in [0.3, 0.4) is 0 Å². The van der Waals surface area contributed by atoms with Crippen molar-refractivity contribution in [3.63, 3.8) is 0 Å². The zero-order valence-corrected chi connectivity index (χ0v) is 13.8. The second-order valence-corrected chi connectivity index (χ2v) is 6.42. The van der Waals surface area contributed by atoms with Crippen LogP contribution in [0.1, 0.15) is 59.4 Å². The Bertz CT molecular complexity index is 373. The molecule has 0 heterocycles. The van der Waals surface area contributed by atoms with Crippen LogP contribution >= 0.6 is 0 Å². The molecule has 0 spiro atoms. The van der Waals surface area contributed by atoms with E-state index >= 15 is 0 Å². The van der Waals surface area contributed by atoms with Gasteiger partial charge in [-0.1, -0.05) is 38.8 Å². The summed E-state index contributed by atoms with van der Waals surface area (Å²) in [5.41, 5.74) is 1.29. The Balaban J connectivity index is 2.33. The van der Waals surface area contributed by atoms with Crippen LogP contribution in [-0.4, -0.2) is 12.1 Å². The van der Waals surface area contributed by atoms with Crippen LogP contribution in [0.2, 0.25) is 0 Å². The van der Waals surface area contributed by atoms with Crippen LogP contribution < -0.4 is 10.1 Å². The van der Waals surface area contributed by atoms with Gasteiger partial charge in [0.25, 0.3) is 0 Å². The molecule has 0 aliphatic heterocycles. The Hall–Kier alpha value is -1.02. The Morgan fingerprint density at radius 3 is 2.45 bits per heavy atom. The van der Waals surface area contributed by atoms with Crippen molar-refractivity contribution in [1.29, 1.82) is 0 Å². The second kappa shape index (κ2) is 9.02. The van der Waals surface area contributed by atoms with E-state index in [-0.39, 0.29) is 6.10 Å². The molecular formula is C18H31NO. The fraction of sp³-hybridized carbons (Fsp3) is 0.667. The number of ether oxygens (including phenoxy) is 1. The van der Waals surface area contributed by atoms with E-state index in [1.165, 1.54) is 24.8 Å². The van der Waals surface area contributed by atoms with Crippen LogP contribution in [0, 0.1) is 5.92 Å². The van der Waals surface area contributed by atoms with Gasteiger partial charge in [-0.05, 0) is 50.8 Å². The van der Waals surface area contributed by atoms with Crippen LogP contribution in [0.4, 0.5) is 0 Å². The molecule has 2 nitrogen and oxygen atoms in total. The van der Waals surface area contributed by atoms with Gasteiger partial charge in [-0.15, -0.1) is 0 Å². The summed E-state index contributed by atoms with van der Waals surface area (Å²) < 4.78 is 5.73. The van der Waals surface area contributed by atoms with E-state index < -0.39 is 0 Å². The monoisotopic (exact) mass is 277 g/mol. The van der Waals surface area contributed by atoms with E-state index in [0.29, 0.717) is 6.04 Å². The Kier molecular flexibility index (Phi) is 7.68. The summed E-state index contributed by atoms with van der Waals surface area (Å²) in [5, 5.41) is 3.60. The van der Waals surface area contributed by atoms with E-state index in [4.69, 9.17) is 4.74 Å². The molecular weight excluding hydrogens is 246 g/mol. The lowest BCUT2D eigenvalue weighted by Crippen LogP contribution is -2.25. The van der Waals surface area contributed by atoms with Gasteiger partial charge >= 0.3 is 0 Å². The lowest BCUT2D eigenvalue weighted by molar-refractivity contribution is 0.242. The zero-order chi connectivity index (χ0) is 15.0. The maximum absolute atomic E-state index is 5.73. The largest absolute Gasteiger partial charge is 0.491 e. The minimum atomic E-state index is 0.230. The SMILES string of the molecule is CC(C)CCCC(C)NCc1cccc(OC(C)C)c1. The van der Waals surface area contributed by atoms with Gasteiger partial charge < -0.3 is 10.1 Å². The smallest absolute Gasteiger partial charge is 0.120 e. The maximum atomic E-state index is 5.73. The molecule has 0 saturated heterocycles. The first-order valence-electron chi connectivity index (χ1n) is 7.96. The molecule has 1 unspecified atom stereocenters. The highest BCUT2D eigenvalue weighted by atomic mass is 16.5. The number of hydrogen-bond donors (Lipinski definition) is 1. The Labute approximate surface area is 124 Å². The van der Waals surface area contributed by atoms with Gasteiger partial charge in [-0.3, -0.25) is 0 Å². The molecule has 1 N–H and O–H groups in total. The van der Waals surface area contributed by atoms with Crippen molar-refractivity contribution in [2.24, 2.45) is 5.92 Å². The molecule has 0 radical (unpaired) electrons. The molecule has 1 aromatic carbocycles. The molecule has 20 heavy (non-hydrogen) atoms. The molecule has 1 atom stereocenters. The average molecular weight is 277 g/mol. The van der Waals surface area contributed by atoms with Gasteiger partial charge in [0.1, 0.15) is 5.75 Å². The quantitative estimate of drug-likeness (QED) is 0.701. The summed E-state index contributed by atoms with van der Waals surface area (Å²) in [6.07, 6.45) is 4.11. The van der Waals surface area contributed by atoms with E-state index in [2.05, 4.69) is 58.1 Å². The van der Waals surface area contributed by atoms with Crippen molar-refractivity contribution in [2.75, 3.05) is 0 Å². The fourth-order valence-corrected chi connectivity index (χ4v) is 2.23. The van der Waals surface area contributed by atoms with Crippen molar-refractivity contribution in [1.82, 2.24) is 5.32 Å². The number of rotatable bonds is 9. The minimum absolute atomic E-state index is 0.230. The maximum Gasteiger partial charge on any atom is 0.120 e. The topological polar surface area (TPSA) is 21.3 Å². The van der Waals surface area contributed by atoms with Gasteiger partial charge in [-0.25, -0.2) is 0 Å². The van der Waals surface area contributed by atoms with Gasteiger partial charge in [0.15, 0.2) is 0 Å². The van der Waals surface area contributed by atoms with E-state index in [1.54, 1.807) is 0 Å². The summed E-state index contributed by atoms with van der Waals surface area (Å²) in [6, 6.07) is 8.95. The van der Waals surface area contributed by atoms with Gasteiger partial charge in [0.05, 0.1) is 6.10 Å². The van der Waals surface area contributed by atoms with Crippen LogP contribution in [-0.2, 0) is 6.54 Å². The molecule has 114 valence electrons.